The molecule has 0 bridgehead atoms. The van der Waals surface area contributed by atoms with E-state index >= 15 is 0 Å². The molecule has 2 nitrogen and oxygen atoms in total. The first-order valence-electron chi connectivity index (χ1n) is 3.54. The second-order valence-corrected chi connectivity index (χ2v) is 4.53. The van der Waals surface area contributed by atoms with E-state index in [1.54, 1.807) is 23.1 Å². The third kappa shape index (κ3) is 3.26. The van der Waals surface area contributed by atoms with Crippen molar-refractivity contribution < 1.29 is 5.11 Å². The van der Waals surface area contributed by atoms with Gasteiger partial charge in [0.05, 0.1) is 22.8 Å². The molecular weight excluding hydrogens is 190 g/mol. The van der Waals surface area contributed by atoms with Crippen LogP contribution >= 0.6 is 23.1 Å². The molecule has 1 unspecified atom stereocenters. The second-order valence-electron chi connectivity index (χ2n) is 2.26. The molecule has 1 atom stereocenters. The molecule has 0 radical (unpaired) electrons. The number of aliphatic hydroxyl groups excluding tert-OH is 1. The van der Waals surface area contributed by atoms with Gasteiger partial charge in [-0.15, -0.1) is 23.1 Å². The van der Waals surface area contributed by atoms with E-state index in [-0.39, 0.29) is 6.42 Å². The maximum Gasteiger partial charge on any atom is 0.0764 e. The smallest absolute Gasteiger partial charge is 0.0764 e. The average molecular weight is 199 g/mol. The number of thiophene rings is 1. The molecule has 0 aliphatic carbocycles. The van der Waals surface area contributed by atoms with Gasteiger partial charge < -0.3 is 5.11 Å². The van der Waals surface area contributed by atoms with E-state index < -0.39 is 6.10 Å². The van der Waals surface area contributed by atoms with Gasteiger partial charge in [-0.05, 0) is 11.4 Å². The molecule has 0 fully saturated rings. The lowest BCUT2D eigenvalue weighted by atomic mass is 10.3. The SMILES string of the molecule is N#CCC(O)CSc1cccs1. The van der Waals surface area contributed by atoms with Gasteiger partial charge in [0, 0.05) is 5.75 Å². The van der Waals surface area contributed by atoms with Crippen molar-refractivity contribution in [1.29, 1.82) is 5.26 Å². The van der Waals surface area contributed by atoms with Crippen LogP contribution in [0.3, 0.4) is 0 Å². The molecule has 1 aromatic heterocycles. The van der Waals surface area contributed by atoms with Gasteiger partial charge in [0.25, 0.3) is 0 Å². The summed E-state index contributed by atoms with van der Waals surface area (Å²) in [5, 5.41) is 19.5. The molecule has 0 spiro atoms. The number of hydrogen-bond acceptors (Lipinski definition) is 4. The fourth-order valence-electron chi connectivity index (χ4n) is 0.688. The van der Waals surface area contributed by atoms with Crippen molar-refractivity contribution in [3.05, 3.63) is 17.5 Å². The molecule has 0 amide bonds. The zero-order valence-electron chi connectivity index (χ0n) is 6.43. The predicted octanol–water partition coefficient (Wildman–Crippen LogP) is 2.11. The van der Waals surface area contributed by atoms with Gasteiger partial charge in [0.2, 0.25) is 0 Å². The first-order chi connectivity index (χ1) is 5.83. The number of aliphatic hydroxyl groups is 1. The lowest BCUT2D eigenvalue weighted by Crippen LogP contribution is -2.07. The Labute approximate surface area is 79.8 Å². The van der Waals surface area contributed by atoms with Gasteiger partial charge in [-0.1, -0.05) is 6.07 Å². The number of rotatable bonds is 4. The van der Waals surface area contributed by atoms with Crippen LogP contribution < -0.4 is 0 Å². The van der Waals surface area contributed by atoms with Crippen LogP contribution in [-0.4, -0.2) is 17.0 Å². The monoisotopic (exact) mass is 199 g/mol. The first kappa shape index (κ1) is 9.59. The molecule has 0 saturated carbocycles. The van der Waals surface area contributed by atoms with E-state index in [0.29, 0.717) is 5.75 Å². The van der Waals surface area contributed by atoms with E-state index in [0.717, 1.165) is 0 Å². The molecule has 12 heavy (non-hydrogen) atoms. The summed E-state index contributed by atoms with van der Waals surface area (Å²) in [7, 11) is 0. The van der Waals surface area contributed by atoms with E-state index in [9.17, 15) is 5.11 Å². The minimum atomic E-state index is -0.498. The van der Waals surface area contributed by atoms with E-state index in [1.165, 1.54) is 4.21 Å². The molecule has 0 aliphatic heterocycles. The van der Waals surface area contributed by atoms with Crippen molar-refractivity contribution in [1.82, 2.24) is 0 Å². The number of thioether (sulfide) groups is 1. The molecule has 1 aromatic rings. The third-order valence-electron chi connectivity index (χ3n) is 1.24. The van der Waals surface area contributed by atoms with Gasteiger partial charge in [0.15, 0.2) is 0 Å². The first-order valence-corrected chi connectivity index (χ1v) is 5.41. The number of hydrogen-bond donors (Lipinski definition) is 1. The van der Waals surface area contributed by atoms with Crippen LogP contribution in [0.4, 0.5) is 0 Å². The summed E-state index contributed by atoms with van der Waals surface area (Å²) in [6.45, 7) is 0. The predicted molar refractivity (Wildman–Crippen MR) is 51.3 cm³/mol. The van der Waals surface area contributed by atoms with Crippen molar-refractivity contribution >= 4 is 23.1 Å². The van der Waals surface area contributed by atoms with Crippen LogP contribution in [0.1, 0.15) is 6.42 Å². The maximum absolute atomic E-state index is 9.21. The fourth-order valence-corrected chi connectivity index (χ4v) is 2.43. The molecule has 64 valence electrons. The van der Waals surface area contributed by atoms with E-state index in [1.807, 2.05) is 23.6 Å². The van der Waals surface area contributed by atoms with Gasteiger partial charge in [-0.3, -0.25) is 0 Å². The van der Waals surface area contributed by atoms with E-state index in [4.69, 9.17) is 5.26 Å². The molecule has 1 heterocycles. The van der Waals surface area contributed by atoms with Crippen LogP contribution in [0.25, 0.3) is 0 Å². The average Bonchev–Trinajstić information content (AvgIpc) is 2.53. The summed E-state index contributed by atoms with van der Waals surface area (Å²) in [6, 6.07) is 5.92. The third-order valence-corrected chi connectivity index (χ3v) is 3.52. The Balaban J connectivity index is 2.23. The topological polar surface area (TPSA) is 44.0 Å². The number of nitrogens with zero attached hydrogens (tertiary/aromatic N) is 1. The Morgan fingerprint density at radius 2 is 2.58 bits per heavy atom. The molecule has 1 N–H and O–H groups in total. The molecule has 0 aliphatic rings. The van der Waals surface area contributed by atoms with Crippen molar-refractivity contribution in [2.24, 2.45) is 0 Å². The molecular formula is C8H9NOS2. The van der Waals surface area contributed by atoms with Gasteiger partial charge in [-0.2, -0.15) is 5.26 Å². The van der Waals surface area contributed by atoms with Crippen LogP contribution in [-0.2, 0) is 0 Å². The van der Waals surface area contributed by atoms with Crippen LogP contribution in [0.2, 0.25) is 0 Å². The Kier molecular flexibility index (Phi) is 4.15. The van der Waals surface area contributed by atoms with Gasteiger partial charge in [-0.25, -0.2) is 0 Å². The lowest BCUT2D eigenvalue weighted by Gasteiger charge is -2.02. The zero-order chi connectivity index (χ0) is 8.81. The van der Waals surface area contributed by atoms with Crippen molar-refractivity contribution in [3.8, 4) is 6.07 Å². The highest BCUT2D eigenvalue weighted by atomic mass is 32.2. The summed E-state index contributed by atoms with van der Waals surface area (Å²) in [5.74, 6) is 0.605. The number of nitriles is 1. The van der Waals surface area contributed by atoms with Crippen LogP contribution in [0.5, 0.6) is 0 Å². The van der Waals surface area contributed by atoms with Gasteiger partial charge >= 0.3 is 0 Å². The Morgan fingerprint density at radius 1 is 1.75 bits per heavy atom. The van der Waals surface area contributed by atoms with E-state index in [2.05, 4.69) is 0 Å². The summed E-state index contributed by atoms with van der Waals surface area (Å²) >= 11 is 3.24. The normalized spacial score (nSPS) is 12.3. The standard InChI is InChI=1S/C8H9NOS2/c9-4-3-7(10)6-12-8-2-1-5-11-8/h1-2,5,7,10H,3,6H2. The van der Waals surface area contributed by atoms with Crippen molar-refractivity contribution in [2.45, 2.75) is 16.7 Å². The highest BCUT2D eigenvalue weighted by Crippen LogP contribution is 2.24. The highest BCUT2D eigenvalue weighted by Gasteiger charge is 2.03. The molecule has 4 heteroatoms. The quantitative estimate of drug-likeness (QED) is 0.755. The van der Waals surface area contributed by atoms with Crippen LogP contribution in [0.15, 0.2) is 21.7 Å². The largest absolute Gasteiger partial charge is 0.391 e. The summed E-state index contributed by atoms with van der Waals surface area (Å²) < 4.78 is 1.19. The minimum absolute atomic E-state index is 0.221. The maximum atomic E-state index is 9.21. The zero-order valence-corrected chi connectivity index (χ0v) is 8.07. The Bertz CT molecular complexity index is 253. The summed E-state index contributed by atoms with van der Waals surface area (Å²) in [6.07, 6.45) is -0.277. The lowest BCUT2D eigenvalue weighted by molar-refractivity contribution is 0.205. The molecule has 1 rings (SSSR count). The highest BCUT2D eigenvalue weighted by molar-refractivity contribution is 8.01. The Hall–Kier alpha value is -0.500. The fraction of sp³-hybridized carbons (Fsp3) is 0.375. The van der Waals surface area contributed by atoms with Crippen LogP contribution in [0, 0.1) is 11.3 Å². The Morgan fingerprint density at radius 3 is 3.17 bits per heavy atom. The van der Waals surface area contributed by atoms with Crippen molar-refractivity contribution in [2.75, 3.05) is 5.75 Å². The summed E-state index contributed by atoms with van der Waals surface area (Å²) in [4.78, 5) is 0. The molecule has 0 saturated heterocycles. The van der Waals surface area contributed by atoms with Gasteiger partial charge in [0.1, 0.15) is 0 Å². The molecule has 0 aromatic carbocycles. The van der Waals surface area contributed by atoms with Crippen molar-refractivity contribution in [3.63, 3.8) is 0 Å². The summed E-state index contributed by atoms with van der Waals surface area (Å²) in [5.41, 5.74) is 0. The minimum Gasteiger partial charge on any atom is -0.391 e. The second kappa shape index (κ2) is 5.20.